The number of nitrogens with one attached hydrogen (secondary N) is 1. The maximum Gasteiger partial charge on any atom is 0.224 e. The summed E-state index contributed by atoms with van der Waals surface area (Å²) in [7, 11) is 0. The van der Waals surface area contributed by atoms with Crippen LogP contribution in [0, 0.1) is 20.8 Å². The van der Waals surface area contributed by atoms with Crippen molar-refractivity contribution in [2.75, 3.05) is 5.32 Å². The molecule has 2 nitrogen and oxygen atoms in total. The van der Waals surface area contributed by atoms with E-state index < -0.39 is 0 Å². The highest BCUT2D eigenvalue weighted by Crippen LogP contribution is 2.13. The standard InChI is InChI=1S/C11H14NO/c1-4-11(13)12-10-6-8(2)5-9(3)7-10/h5-7H,1,4H2,2-3H3,(H,12,13). The van der Waals surface area contributed by atoms with Crippen LogP contribution >= 0.6 is 0 Å². The number of carbonyl (C=O) groups excluding carboxylic acids is 1. The molecule has 2 heteroatoms. The maximum absolute atomic E-state index is 11.0. The van der Waals surface area contributed by atoms with Crippen LogP contribution in [0.3, 0.4) is 0 Å². The first-order valence-electron chi connectivity index (χ1n) is 4.29. The van der Waals surface area contributed by atoms with Gasteiger partial charge in [0.1, 0.15) is 0 Å². The normalized spacial score (nSPS) is 9.77. The van der Waals surface area contributed by atoms with Gasteiger partial charge in [-0.2, -0.15) is 0 Å². The highest BCUT2D eigenvalue weighted by Gasteiger charge is 1.99. The summed E-state index contributed by atoms with van der Waals surface area (Å²) in [5.74, 6) is -0.0509. The Hall–Kier alpha value is -1.31. The third kappa shape index (κ3) is 2.90. The van der Waals surface area contributed by atoms with E-state index in [1.165, 1.54) is 0 Å². The number of aryl methyl sites for hydroxylation is 2. The molecule has 0 spiro atoms. The molecule has 0 bridgehead atoms. The molecule has 0 saturated heterocycles. The minimum absolute atomic E-state index is 0.0509. The van der Waals surface area contributed by atoms with Gasteiger partial charge >= 0.3 is 0 Å². The average Bonchev–Trinajstić information content (AvgIpc) is 2.02. The molecule has 1 aromatic rings. The topological polar surface area (TPSA) is 29.1 Å². The zero-order valence-corrected chi connectivity index (χ0v) is 8.05. The summed E-state index contributed by atoms with van der Waals surface area (Å²) in [4.78, 5) is 11.0. The minimum Gasteiger partial charge on any atom is -0.326 e. The fraction of sp³-hybridized carbons (Fsp3) is 0.273. The first kappa shape index (κ1) is 9.78. The Labute approximate surface area is 79.0 Å². The Kier molecular flexibility index (Phi) is 3.07. The van der Waals surface area contributed by atoms with Gasteiger partial charge in [-0.15, -0.1) is 0 Å². The molecular weight excluding hydrogens is 162 g/mol. The van der Waals surface area contributed by atoms with E-state index in [9.17, 15) is 4.79 Å². The second kappa shape index (κ2) is 4.08. The number of benzene rings is 1. The van der Waals surface area contributed by atoms with E-state index in [0.717, 1.165) is 16.8 Å². The van der Waals surface area contributed by atoms with Gasteiger partial charge in [-0.25, -0.2) is 0 Å². The second-order valence-electron chi connectivity index (χ2n) is 3.17. The molecule has 0 aliphatic heterocycles. The van der Waals surface area contributed by atoms with E-state index in [1.807, 2.05) is 26.0 Å². The van der Waals surface area contributed by atoms with E-state index in [1.54, 1.807) is 0 Å². The van der Waals surface area contributed by atoms with Crippen molar-refractivity contribution in [1.29, 1.82) is 0 Å². The van der Waals surface area contributed by atoms with Gasteiger partial charge in [0.15, 0.2) is 0 Å². The van der Waals surface area contributed by atoms with E-state index in [-0.39, 0.29) is 12.3 Å². The minimum atomic E-state index is -0.0509. The molecule has 0 fully saturated rings. The maximum atomic E-state index is 11.0. The van der Waals surface area contributed by atoms with Gasteiger partial charge in [-0.1, -0.05) is 6.07 Å². The molecule has 0 heterocycles. The molecule has 0 saturated carbocycles. The van der Waals surface area contributed by atoms with Crippen LogP contribution in [0.1, 0.15) is 17.5 Å². The van der Waals surface area contributed by atoms with Crippen LogP contribution in [0.25, 0.3) is 0 Å². The van der Waals surface area contributed by atoms with Crippen molar-refractivity contribution in [2.45, 2.75) is 20.3 Å². The van der Waals surface area contributed by atoms with Gasteiger partial charge in [0, 0.05) is 12.1 Å². The van der Waals surface area contributed by atoms with Crippen LogP contribution in [0.5, 0.6) is 0 Å². The van der Waals surface area contributed by atoms with E-state index in [0.29, 0.717) is 0 Å². The van der Waals surface area contributed by atoms with Crippen molar-refractivity contribution < 1.29 is 4.79 Å². The Balaban J connectivity index is 2.83. The summed E-state index contributed by atoms with van der Waals surface area (Å²) in [6, 6.07) is 5.96. The fourth-order valence-corrected chi connectivity index (χ4v) is 1.27. The summed E-state index contributed by atoms with van der Waals surface area (Å²) < 4.78 is 0. The fourth-order valence-electron chi connectivity index (χ4n) is 1.27. The van der Waals surface area contributed by atoms with Crippen LogP contribution < -0.4 is 5.32 Å². The second-order valence-corrected chi connectivity index (χ2v) is 3.17. The van der Waals surface area contributed by atoms with Crippen LogP contribution in [0.4, 0.5) is 5.69 Å². The van der Waals surface area contributed by atoms with Crippen molar-refractivity contribution in [3.63, 3.8) is 0 Å². The Morgan fingerprint density at radius 1 is 1.31 bits per heavy atom. The van der Waals surface area contributed by atoms with Crippen LogP contribution in [-0.4, -0.2) is 5.91 Å². The first-order valence-corrected chi connectivity index (χ1v) is 4.29. The van der Waals surface area contributed by atoms with Gasteiger partial charge in [0.05, 0.1) is 0 Å². The van der Waals surface area contributed by atoms with E-state index >= 15 is 0 Å². The highest BCUT2D eigenvalue weighted by molar-refractivity contribution is 5.91. The van der Waals surface area contributed by atoms with Crippen molar-refractivity contribution in [3.05, 3.63) is 36.2 Å². The zero-order chi connectivity index (χ0) is 9.84. The lowest BCUT2D eigenvalue weighted by Gasteiger charge is -2.05. The third-order valence-electron chi connectivity index (χ3n) is 1.73. The molecule has 1 aromatic carbocycles. The Morgan fingerprint density at radius 2 is 1.85 bits per heavy atom. The SMILES string of the molecule is [CH2]CC(=O)Nc1cc(C)cc(C)c1. The quantitative estimate of drug-likeness (QED) is 0.736. The molecule has 0 aliphatic rings. The van der Waals surface area contributed by atoms with Crippen molar-refractivity contribution in [3.8, 4) is 0 Å². The average molecular weight is 176 g/mol. The number of carbonyl (C=O) groups is 1. The molecule has 1 amide bonds. The molecular formula is C11H14NO. The lowest BCUT2D eigenvalue weighted by molar-refractivity contribution is -0.115. The predicted molar refractivity (Wildman–Crippen MR) is 54.5 cm³/mol. The smallest absolute Gasteiger partial charge is 0.224 e. The van der Waals surface area contributed by atoms with Crippen LogP contribution in [-0.2, 0) is 4.79 Å². The number of hydrogen-bond donors (Lipinski definition) is 1. The summed E-state index contributed by atoms with van der Waals surface area (Å²) in [5, 5.41) is 2.77. The third-order valence-corrected chi connectivity index (χ3v) is 1.73. The van der Waals surface area contributed by atoms with Gasteiger partial charge in [0.25, 0.3) is 0 Å². The first-order chi connectivity index (χ1) is 6.11. The van der Waals surface area contributed by atoms with Crippen LogP contribution in [0.15, 0.2) is 18.2 Å². The van der Waals surface area contributed by atoms with E-state index in [2.05, 4.69) is 18.3 Å². The molecule has 0 aliphatic carbocycles. The number of amides is 1. The Bertz CT molecular complexity index is 298. The van der Waals surface area contributed by atoms with Gasteiger partial charge in [0.2, 0.25) is 5.91 Å². The monoisotopic (exact) mass is 176 g/mol. The Morgan fingerprint density at radius 3 is 2.31 bits per heavy atom. The van der Waals surface area contributed by atoms with Crippen LogP contribution in [0.2, 0.25) is 0 Å². The molecule has 0 unspecified atom stereocenters. The van der Waals surface area contributed by atoms with Crippen molar-refractivity contribution in [1.82, 2.24) is 0 Å². The van der Waals surface area contributed by atoms with Gasteiger partial charge in [-0.05, 0) is 44.0 Å². The molecule has 1 rings (SSSR count). The van der Waals surface area contributed by atoms with Crippen molar-refractivity contribution in [2.24, 2.45) is 0 Å². The summed E-state index contributed by atoms with van der Waals surface area (Å²) >= 11 is 0. The number of rotatable bonds is 2. The summed E-state index contributed by atoms with van der Waals surface area (Å²) in [6.45, 7) is 7.53. The predicted octanol–water partition coefficient (Wildman–Crippen LogP) is 2.47. The highest BCUT2D eigenvalue weighted by atomic mass is 16.1. The molecule has 0 atom stereocenters. The summed E-state index contributed by atoms with van der Waals surface area (Å²) in [5.41, 5.74) is 3.16. The molecule has 1 N–H and O–H groups in total. The zero-order valence-electron chi connectivity index (χ0n) is 8.05. The molecule has 1 radical (unpaired) electrons. The van der Waals surface area contributed by atoms with E-state index in [4.69, 9.17) is 0 Å². The molecule has 0 aromatic heterocycles. The lowest BCUT2D eigenvalue weighted by atomic mass is 10.1. The largest absolute Gasteiger partial charge is 0.326 e. The lowest BCUT2D eigenvalue weighted by Crippen LogP contribution is -2.09. The number of hydrogen-bond acceptors (Lipinski definition) is 1. The molecule has 13 heavy (non-hydrogen) atoms. The van der Waals surface area contributed by atoms with Gasteiger partial charge in [-0.3, -0.25) is 4.79 Å². The summed E-state index contributed by atoms with van der Waals surface area (Å²) in [6.07, 6.45) is 0.271. The number of anilines is 1. The molecule has 69 valence electrons. The van der Waals surface area contributed by atoms with Gasteiger partial charge < -0.3 is 5.32 Å². The van der Waals surface area contributed by atoms with Crippen molar-refractivity contribution >= 4 is 11.6 Å².